The van der Waals surface area contributed by atoms with Crippen LogP contribution < -0.4 is 15.1 Å². The summed E-state index contributed by atoms with van der Waals surface area (Å²) < 4.78 is 46.1. The highest BCUT2D eigenvalue weighted by Crippen LogP contribution is 2.53. The molecule has 1 fully saturated rings. The first-order valence-electron chi connectivity index (χ1n) is 12.0. The minimum absolute atomic E-state index is 0.0757. The Hall–Kier alpha value is -4.10. The van der Waals surface area contributed by atoms with Gasteiger partial charge in [-0.05, 0) is 42.5 Å². The predicted molar refractivity (Wildman–Crippen MR) is 141 cm³/mol. The quantitative estimate of drug-likeness (QED) is 0.333. The van der Waals surface area contributed by atoms with Gasteiger partial charge in [0, 0.05) is 5.69 Å². The molecule has 3 unspecified atom stereocenters. The van der Waals surface area contributed by atoms with Crippen molar-refractivity contribution in [1.82, 2.24) is 4.57 Å². The molecule has 6 rings (SSSR count). The number of carbonyl (C=O) groups is 3. The Kier molecular flexibility index (Phi) is 6.42. The van der Waals surface area contributed by atoms with Crippen molar-refractivity contribution in [3.63, 3.8) is 0 Å². The Morgan fingerprint density at radius 2 is 1.75 bits per heavy atom. The zero-order chi connectivity index (χ0) is 28.2. The average Bonchev–Trinajstić information content (AvgIpc) is 3.62. The molecule has 4 heterocycles. The predicted octanol–water partition coefficient (Wildman–Crippen LogP) is 4.96. The molecule has 0 aliphatic carbocycles. The maximum Gasteiger partial charge on any atom is 0.416 e. The van der Waals surface area contributed by atoms with E-state index in [0.717, 1.165) is 40.1 Å². The molecular weight excluding hydrogens is 567 g/mol. The van der Waals surface area contributed by atoms with Gasteiger partial charge >= 0.3 is 11.0 Å². The van der Waals surface area contributed by atoms with Gasteiger partial charge in [0.05, 0.1) is 39.3 Å². The molecule has 2 aromatic heterocycles. The normalized spacial score (nSPS) is 20.4. The summed E-state index contributed by atoms with van der Waals surface area (Å²) in [5.41, 5.74) is -0.578. The van der Waals surface area contributed by atoms with E-state index in [1.807, 2.05) is 0 Å². The van der Waals surface area contributed by atoms with Crippen LogP contribution in [0.5, 0.6) is 0 Å². The molecule has 1 N–H and O–H groups in total. The molecule has 4 aromatic rings. The number of para-hydroxylation sites is 1. The second kappa shape index (κ2) is 9.82. The number of aromatic nitrogens is 1. The number of nitrogens with one attached hydrogen (secondary N) is 1. The average molecular weight is 586 g/mol. The first-order chi connectivity index (χ1) is 19.1. The van der Waals surface area contributed by atoms with Gasteiger partial charge in [0.2, 0.25) is 17.7 Å². The fraction of sp³-hybridized carbons (Fsp3) is 0.185. The van der Waals surface area contributed by atoms with Gasteiger partial charge in [0.25, 0.3) is 0 Å². The van der Waals surface area contributed by atoms with E-state index in [1.165, 1.54) is 23.0 Å². The van der Waals surface area contributed by atoms with Gasteiger partial charge in [-0.15, -0.1) is 0 Å². The van der Waals surface area contributed by atoms with Crippen molar-refractivity contribution in [2.45, 2.75) is 28.9 Å². The fourth-order valence-electron chi connectivity index (χ4n) is 4.98. The van der Waals surface area contributed by atoms with Gasteiger partial charge in [-0.25, -0.2) is 4.90 Å². The number of fused-ring (bicyclic) bond motifs is 2. The third-order valence-corrected chi connectivity index (χ3v) is 9.29. The lowest BCUT2D eigenvalue weighted by molar-refractivity contribution is -0.137. The number of rotatable bonds is 5. The summed E-state index contributed by atoms with van der Waals surface area (Å²) in [5, 5.41) is 1.86. The smallest absolute Gasteiger partial charge is 0.416 e. The molecule has 3 atom stereocenters. The number of nitrogens with zero attached hydrogens (tertiary/aromatic N) is 2. The van der Waals surface area contributed by atoms with Crippen LogP contribution in [0.25, 0.3) is 0 Å². The van der Waals surface area contributed by atoms with E-state index in [-0.39, 0.29) is 5.69 Å². The molecule has 0 radical (unpaired) electrons. The maximum absolute atomic E-state index is 13.7. The van der Waals surface area contributed by atoms with Crippen molar-refractivity contribution in [1.29, 1.82) is 0 Å². The molecule has 2 aromatic carbocycles. The maximum atomic E-state index is 13.7. The number of halogens is 3. The zero-order valence-electron chi connectivity index (χ0n) is 20.3. The highest BCUT2D eigenvalue weighted by atomic mass is 32.2. The number of carbonyl (C=O) groups excluding carboxylic acids is 3. The lowest BCUT2D eigenvalue weighted by Gasteiger charge is -2.29. The summed E-state index contributed by atoms with van der Waals surface area (Å²) in [6.45, 7) is -0.499. The molecule has 1 saturated heterocycles. The summed E-state index contributed by atoms with van der Waals surface area (Å²) in [4.78, 5) is 54.3. The molecule has 8 nitrogen and oxygen atoms in total. The second-order valence-corrected chi connectivity index (χ2v) is 11.3. The first-order valence-corrected chi connectivity index (χ1v) is 13.7. The monoisotopic (exact) mass is 585 g/mol. The number of furan rings is 1. The van der Waals surface area contributed by atoms with Crippen molar-refractivity contribution < 1.29 is 32.0 Å². The van der Waals surface area contributed by atoms with E-state index < -0.39 is 58.0 Å². The molecule has 0 saturated carbocycles. The largest absolute Gasteiger partial charge is 0.469 e. The van der Waals surface area contributed by atoms with Crippen molar-refractivity contribution in [3.05, 3.63) is 98.9 Å². The number of hydrogen-bond donors (Lipinski definition) is 1. The van der Waals surface area contributed by atoms with Crippen LogP contribution in [0.1, 0.15) is 22.1 Å². The Morgan fingerprint density at radius 3 is 2.45 bits per heavy atom. The summed E-state index contributed by atoms with van der Waals surface area (Å²) >= 11 is 1.87. The summed E-state index contributed by atoms with van der Waals surface area (Å²) in [5.74, 6) is -2.79. The number of amides is 3. The Labute approximate surface area is 232 Å². The lowest BCUT2D eigenvalue weighted by Crippen LogP contribution is -2.32. The van der Waals surface area contributed by atoms with E-state index in [4.69, 9.17) is 4.42 Å². The van der Waals surface area contributed by atoms with Crippen molar-refractivity contribution in [3.8, 4) is 0 Å². The van der Waals surface area contributed by atoms with Crippen LogP contribution in [0.4, 0.5) is 24.5 Å². The Morgan fingerprint density at radius 1 is 0.975 bits per heavy atom. The summed E-state index contributed by atoms with van der Waals surface area (Å²) in [6, 6.07) is 16.0. The van der Waals surface area contributed by atoms with E-state index in [1.54, 1.807) is 42.5 Å². The van der Waals surface area contributed by atoms with Crippen LogP contribution in [0.2, 0.25) is 0 Å². The topological polar surface area (TPSA) is 102 Å². The van der Waals surface area contributed by atoms with Crippen LogP contribution in [0.15, 0.2) is 87.2 Å². The standard InChI is InChI=1S/C27H18F3N3O5S2/c28-27(29,30)14-6-4-7-15(12-14)31-18(34)13-32-25-22(40-26(32)37)19(17-10-5-11-38-17)20-21(39-25)24(36)33(23(20)35)16-8-2-1-3-9-16/h1-12,19-21H,13H2,(H,31,34). The van der Waals surface area contributed by atoms with Crippen LogP contribution in [0.3, 0.4) is 0 Å². The summed E-state index contributed by atoms with van der Waals surface area (Å²) in [6.07, 6.45) is -3.15. The number of thiazole rings is 1. The highest BCUT2D eigenvalue weighted by molar-refractivity contribution is 8.00. The van der Waals surface area contributed by atoms with Gasteiger partial charge in [-0.3, -0.25) is 23.7 Å². The number of hydrogen-bond acceptors (Lipinski definition) is 7. The molecule has 40 heavy (non-hydrogen) atoms. The van der Waals surface area contributed by atoms with Crippen LogP contribution in [-0.4, -0.2) is 27.5 Å². The molecule has 13 heteroatoms. The van der Waals surface area contributed by atoms with Gasteiger partial charge in [0.15, 0.2) is 0 Å². The van der Waals surface area contributed by atoms with Gasteiger partial charge in [0.1, 0.15) is 17.6 Å². The number of imide groups is 1. The number of benzene rings is 2. The zero-order valence-corrected chi connectivity index (χ0v) is 21.9. The SMILES string of the molecule is O=C(Cn1c2c(sc1=O)C(c1ccco1)C1C(=O)N(c3ccccc3)C(=O)C1S2)Nc1cccc(C(F)(F)F)c1. The Bertz CT molecular complexity index is 1680. The molecule has 2 aliphatic rings. The van der Waals surface area contributed by atoms with Gasteiger partial charge in [-0.2, -0.15) is 13.2 Å². The molecule has 204 valence electrons. The third-order valence-electron chi connectivity index (χ3n) is 6.69. The molecular formula is C27H18F3N3O5S2. The molecule has 2 aliphatic heterocycles. The number of thioether (sulfide) groups is 1. The molecule has 0 spiro atoms. The third kappa shape index (κ3) is 4.44. The Balaban J connectivity index is 1.35. The number of anilines is 2. The van der Waals surface area contributed by atoms with E-state index >= 15 is 0 Å². The lowest BCUT2D eigenvalue weighted by atomic mass is 9.87. The first kappa shape index (κ1) is 26.1. The minimum atomic E-state index is -4.59. The summed E-state index contributed by atoms with van der Waals surface area (Å²) in [7, 11) is 0. The molecule has 0 bridgehead atoms. The van der Waals surface area contributed by atoms with Crippen molar-refractivity contribution in [2.75, 3.05) is 10.2 Å². The minimum Gasteiger partial charge on any atom is -0.469 e. The second-order valence-electron chi connectivity index (χ2n) is 9.16. The van der Waals surface area contributed by atoms with Gasteiger partial charge < -0.3 is 9.73 Å². The van der Waals surface area contributed by atoms with E-state index in [0.29, 0.717) is 21.4 Å². The molecule has 3 amide bonds. The van der Waals surface area contributed by atoms with Crippen LogP contribution in [-0.2, 0) is 27.1 Å². The number of alkyl halides is 3. The van der Waals surface area contributed by atoms with Crippen molar-refractivity contribution in [2.24, 2.45) is 5.92 Å². The van der Waals surface area contributed by atoms with E-state index in [9.17, 15) is 32.3 Å². The van der Waals surface area contributed by atoms with Crippen LogP contribution in [0, 0.1) is 5.92 Å². The van der Waals surface area contributed by atoms with Gasteiger partial charge in [-0.1, -0.05) is 47.4 Å². The van der Waals surface area contributed by atoms with Crippen molar-refractivity contribution >= 4 is 52.2 Å². The highest BCUT2D eigenvalue weighted by Gasteiger charge is 2.57. The van der Waals surface area contributed by atoms with Crippen LogP contribution >= 0.6 is 23.1 Å². The van der Waals surface area contributed by atoms with E-state index in [2.05, 4.69) is 5.32 Å². The fourth-order valence-corrected chi connectivity index (χ4v) is 7.73.